The van der Waals surface area contributed by atoms with Crippen molar-refractivity contribution in [2.75, 3.05) is 13.9 Å². The van der Waals surface area contributed by atoms with Crippen LogP contribution in [0.4, 0.5) is 4.39 Å². The smallest absolute Gasteiger partial charge is 0.363 e. The van der Waals surface area contributed by atoms with Gasteiger partial charge in [-0.2, -0.15) is 0 Å². The second-order valence-corrected chi connectivity index (χ2v) is 5.30. The summed E-state index contributed by atoms with van der Waals surface area (Å²) in [4.78, 5) is 16.2. The van der Waals surface area contributed by atoms with E-state index in [4.69, 9.17) is 18.9 Å². The Morgan fingerprint density at radius 3 is 2.92 bits per heavy atom. The first kappa shape index (κ1) is 15.2. The lowest BCUT2D eigenvalue weighted by Gasteiger charge is -2.05. The number of benzene rings is 2. The number of hydrogen-bond acceptors (Lipinski definition) is 6. The number of aliphatic imine (C=N–C) groups is 1. The van der Waals surface area contributed by atoms with Crippen LogP contribution in [0.25, 0.3) is 6.08 Å². The Balaban J connectivity index is 1.71. The van der Waals surface area contributed by atoms with Crippen LogP contribution in [-0.2, 0) is 9.53 Å². The molecule has 0 aromatic heterocycles. The molecule has 2 aromatic rings. The van der Waals surface area contributed by atoms with Crippen LogP contribution in [0.5, 0.6) is 17.2 Å². The quantitative estimate of drug-likeness (QED) is 0.634. The first-order valence-corrected chi connectivity index (χ1v) is 7.40. The van der Waals surface area contributed by atoms with E-state index in [1.54, 1.807) is 24.3 Å². The van der Waals surface area contributed by atoms with Gasteiger partial charge in [0.2, 0.25) is 18.4 Å². The zero-order valence-electron chi connectivity index (χ0n) is 13.1. The molecule has 7 heteroatoms. The van der Waals surface area contributed by atoms with E-state index < -0.39 is 11.8 Å². The molecule has 2 aromatic carbocycles. The largest absolute Gasteiger partial charge is 0.493 e. The second kappa shape index (κ2) is 5.94. The first-order chi connectivity index (χ1) is 12.1. The number of cyclic esters (lactones) is 1. The molecule has 126 valence electrons. The Morgan fingerprint density at radius 1 is 1.24 bits per heavy atom. The number of methoxy groups -OCH3 is 1. The van der Waals surface area contributed by atoms with E-state index in [1.165, 1.54) is 25.3 Å². The molecule has 4 rings (SSSR count). The standard InChI is InChI=1S/C18H12FNO5/c1-22-14-6-10(7-15-16(14)24-9-23-15)5-13-18(21)25-17(20-13)11-3-2-4-12(19)8-11/h2-8H,9H2,1H3/b13-5-. The van der Waals surface area contributed by atoms with Crippen LogP contribution in [0, 0.1) is 5.82 Å². The molecule has 2 heterocycles. The van der Waals surface area contributed by atoms with Gasteiger partial charge in [0.1, 0.15) is 5.82 Å². The SMILES string of the molecule is COc1cc(/C=C2\N=C(c3cccc(F)c3)OC2=O)cc2c1OCO2. The van der Waals surface area contributed by atoms with Gasteiger partial charge >= 0.3 is 5.97 Å². The van der Waals surface area contributed by atoms with E-state index in [0.29, 0.717) is 28.4 Å². The molecule has 0 atom stereocenters. The van der Waals surface area contributed by atoms with Crippen LogP contribution in [0.15, 0.2) is 47.1 Å². The number of nitrogens with zero attached hydrogens (tertiary/aromatic N) is 1. The summed E-state index contributed by atoms with van der Waals surface area (Å²) in [6, 6.07) is 9.09. The van der Waals surface area contributed by atoms with Crippen molar-refractivity contribution in [3.63, 3.8) is 0 Å². The molecule has 0 radical (unpaired) electrons. The van der Waals surface area contributed by atoms with Gasteiger partial charge in [-0.3, -0.25) is 0 Å². The van der Waals surface area contributed by atoms with E-state index in [-0.39, 0.29) is 18.4 Å². The molecule has 2 aliphatic heterocycles. The van der Waals surface area contributed by atoms with Crippen molar-refractivity contribution in [3.8, 4) is 17.2 Å². The molecule has 0 saturated carbocycles. The summed E-state index contributed by atoms with van der Waals surface area (Å²) in [6.45, 7) is 0.107. The number of hydrogen-bond donors (Lipinski definition) is 0. The maximum atomic E-state index is 13.3. The summed E-state index contributed by atoms with van der Waals surface area (Å²) in [7, 11) is 1.51. The van der Waals surface area contributed by atoms with Crippen molar-refractivity contribution in [1.29, 1.82) is 0 Å². The third-order valence-electron chi connectivity index (χ3n) is 3.68. The Labute approximate surface area is 142 Å². The average Bonchev–Trinajstić information content (AvgIpc) is 3.21. The highest BCUT2D eigenvalue weighted by Gasteiger charge is 2.25. The predicted molar refractivity (Wildman–Crippen MR) is 86.1 cm³/mol. The number of carbonyl (C=O) groups is 1. The molecule has 25 heavy (non-hydrogen) atoms. The van der Waals surface area contributed by atoms with Crippen molar-refractivity contribution >= 4 is 17.9 Å². The lowest BCUT2D eigenvalue weighted by Crippen LogP contribution is -2.05. The predicted octanol–water partition coefficient (Wildman–Crippen LogP) is 2.91. The van der Waals surface area contributed by atoms with Gasteiger partial charge < -0.3 is 18.9 Å². The molecule has 0 bridgehead atoms. The Morgan fingerprint density at radius 2 is 2.12 bits per heavy atom. The highest BCUT2D eigenvalue weighted by atomic mass is 19.1. The maximum Gasteiger partial charge on any atom is 0.363 e. The molecule has 0 aliphatic carbocycles. The van der Waals surface area contributed by atoms with Crippen LogP contribution in [0.1, 0.15) is 11.1 Å². The van der Waals surface area contributed by atoms with Gasteiger partial charge in [-0.15, -0.1) is 0 Å². The topological polar surface area (TPSA) is 66.4 Å². The van der Waals surface area contributed by atoms with Gasteiger partial charge in [-0.25, -0.2) is 14.2 Å². The first-order valence-electron chi connectivity index (χ1n) is 7.40. The fraction of sp³-hybridized carbons (Fsp3) is 0.111. The van der Waals surface area contributed by atoms with Crippen LogP contribution in [0.3, 0.4) is 0 Å². The fourth-order valence-electron chi connectivity index (χ4n) is 2.55. The van der Waals surface area contributed by atoms with E-state index >= 15 is 0 Å². The molecule has 0 saturated heterocycles. The van der Waals surface area contributed by atoms with Gasteiger partial charge in [0.15, 0.2) is 17.2 Å². The molecule has 6 nitrogen and oxygen atoms in total. The highest BCUT2D eigenvalue weighted by Crippen LogP contribution is 2.42. The van der Waals surface area contributed by atoms with E-state index in [1.807, 2.05) is 0 Å². The minimum atomic E-state index is -0.615. The van der Waals surface area contributed by atoms with Crippen molar-refractivity contribution in [3.05, 3.63) is 59.0 Å². The molecule has 0 unspecified atom stereocenters. The minimum absolute atomic E-state index is 0.0588. The summed E-state index contributed by atoms with van der Waals surface area (Å²) in [6.07, 6.45) is 1.54. The van der Waals surface area contributed by atoms with Crippen molar-refractivity contribution in [2.45, 2.75) is 0 Å². The van der Waals surface area contributed by atoms with E-state index in [0.717, 1.165) is 0 Å². The summed E-state index contributed by atoms with van der Waals surface area (Å²) >= 11 is 0. The Hall–Kier alpha value is -3.35. The van der Waals surface area contributed by atoms with Gasteiger partial charge in [0.05, 0.1) is 7.11 Å². The Kier molecular flexibility index (Phi) is 3.61. The number of rotatable bonds is 3. The van der Waals surface area contributed by atoms with Crippen LogP contribution in [-0.4, -0.2) is 25.8 Å². The molecule has 0 fully saturated rings. The number of esters is 1. The molecular weight excluding hydrogens is 329 g/mol. The van der Waals surface area contributed by atoms with Crippen LogP contribution >= 0.6 is 0 Å². The fourth-order valence-corrected chi connectivity index (χ4v) is 2.55. The van der Waals surface area contributed by atoms with Crippen molar-refractivity contribution in [1.82, 2.24) is 0 Å². The van der Waals surface area contributed by atoms with Gasteiger partial charge in [-0.05, 0) is 42.0 Å². The normalized spacial score (nSPS) is 16.8. The summed E-state index contributed by atoms with van der Waals surface area (Å²) in [5.41, 5.74) is 1.12. The number of fused-ring (bicyclic) bond motifs is 1. The number of carbonyl (C=O) groups excluding carboxylic acids is 1. The lowest BCUT2D eigenvalue weighted by atomic mass is 10.1. The van der Waals surface area contributed by atoms with E-state index in [2.05, 4.69) is 4.99 Å². The van der Waals surface area contributed by atoms with Crippen LogP contribution < -0.4 is 14.2 Å². The van der Waals surface area contributed by atoms with Crippen LogP contribution in [0.2, 0.25) is 0 Å². The highest BCUT2D eigenvalue weighted by molar-refractivity contribution is 6.12. The van der Waals surface area contributed by atoms with Gasteiger partial charge in [0.25, 0.3) is 0 Å². The monoisotopic (exact) mass is 341 g/mol. The average molecular weight is 341 g/mol. The zero-order valence-corrected chi connectivity index (χ0v) is 13.1. The van der Waals surface area contributed by atoms with E-state index in [9.17, 15) is 9.18 Å². The van der Waals surface area contributed by atoms with Crippen molar-refractivity contribution in [2.24, 2.45) is 4.99 Å². The number of ether oxygens (including phenoxy) is 4. The summed E-state index contributed by atoms with van der Waals surface area (Å²) in [5.74, 6) is 0.533. The summed E-state index contributed by atoms with van der Waals surface area (Å²) in [5, 5.41) is 0. The maximum absolute atomic E-state index is 13.3. The molecule has 0 N–H and O–H groups in total. The third kappa shape index (κ3) is 2.80. The zero-order chi connectivity index (χ0) is 17.4. The molecule has 2 aliphatic rings. The van der Waals surface area contributed by atoms with Crippen molar-refractivity contribution < 1.29 is 28.1 Å². The Bertz CT molecular complexity index is 935. The van der Waals surface area contributed by atoms with Gasteiger partial charge in [-0.1, -0.05) is 6.07 Å². The minimum Gasteiger partial charge on any atom is -0.493 e. The lowest BCUT2D eigenvalue weighted by molar-refractivity contribution is -0.129. The number of halogens is 1. The molecule has 0 amide bonds. The van der Waals surface area contributed by atoms with Gasteiger partial charge in [0, 0.05) is 5.56 Å². The molecule has 0 spiro atoms. The second-order valence-electron chi connectivity index (χ2n) is 5.30. The molecular formula is C18H12FNO5. The third-order valence-corrected chi connectivity index (χ3v) is 3.68. The summed E-state index contributed by atoms with van der Waals surface area (Å²) < 4.78 is 34.4.